The lowest BCUT2D eigenvalue weighted by Crippen LogP contribution is -2.13. The molecule has 1 aromatic carbocycles. The van der Waals surface area contributed by atoms with E-state index in [1.54, 1.807) is 0 Å². The summed E-state index contributed by atoms with van der Waals surface area (Å²) in [5, 5.41) is 0. The summed E-state index contributed by atoms with van der Waals surface area (Å²) >= 11 is 0. The summed E-state index contributed by atoms with van der Waals surface area (Å²) in [6.45, 7) is 5.06. The number of rotatable bonds is 8. The Morgan fingerprint density at radius 1 is 1.18 bits per heavy atom. The Morgan fingerprint density at radius 3 is 2.47 bits per heavy atom. The van der Waals surface area contributed by atoms with Crippen LogP contribution in [0.2, 0.25) is 0 Å². The molecule has 0 amide bonds. The molecule has 0 fully saturated rings. The molecule has 17 heavy (non-hydrogen) atoms. The van der Waals surface area contributed by atoms with Gasteiger partial charge in [0.25, 0.3) is 0 Å². The second-order valence-corrected chi connectivity index (χ2v) is 4.61. The standard InChI is InChI=1S/C15H25NO/c1-3-4-7-14-8-10-15(11-9-14)17-13(2)6-5-12-16/h8-11,13H,3-7,12,16H2,1-2H3. The Bertz CT molecular complexity index is 294. The van der Waals surface area contributed by atoms with Crippen LogP contribution >= 0.6 is 0 Å². The smallest absolute Gasteiger partial charge is 0.119 e. The maximum atomic E-state index is 5.82. The maximum absolute atomic E-state index is 5.82. The van der Waals surface area contributed by atoms with Crippen LogP contribution in [-0.4, -0.2) is 12.6 Å². The summed E-state index contributed by atoms with van der Waals surface area (Å²) in [5.41, 5.74) is 6.88. The van der Waals surface area contributed by atoms with E-state index in [4.69, 9.17) is 10.5 Å². The highest BCUT2D eigenvalue weighted by Crippen LogP contribution is 2.16. The first-order valence-corrected chi connectivity index (χ1v) is 6.72. The van der Waals surface area contributed by atoms with E-state index < -0.39 is 0 Å². The van der Waals surface area contributed by atoms with Crippen molar-refractivity contribution in [3.05, 3.63) is 29.8 Å². The van der Waals surface area contributed by atoms with Gasteiger partial charge in [0.15, 0.2) is 0 Å². The second-order valence-electron chi connectivity index (χ2n) is 4.61. The van der Waals surface area contributed by atoms with Gasteiger partial charge in [-0.15, -0.1) is 0 Å². The van der Waals surface area contributed by atoms with Gasteiger partial charge in [-0.2, -0.15) is 0 Å². The molecule has 2 nitrogen and oxygen atoms in total. The van der Waals surface area contributed by atoms with Crippen molar-refractivity contribution in [2.75, 3.05) is 6.54 Å². The fourth-order valence-electron chi connectivity index (χ4n) is 1.81. The van der Waals surface area contributed by atoms with Crippen LogP contribution in [-0.2, 0) is 6.42 Å². The first kappa shape index (κ1) is 14.0. The summed E-state index contributed by atoms with van der Waals surface area (Å²) in [6.07, 6.45) is 5.96. The van der Waals surface area contributed by atoms with E-state index in [0.29, 0.717) is 0 Å². The molecular formula is C15H25NO. The maximum Gasteiger partial charge on any atom is 0.119 e. The topological polar surface area (TPSA) is 35.2 Å². The van der Waals surface area contributed by atoms with Crippen molar-refractivity contribution in [3.63, 3.8) is 0 Å². The van der Waals surface area contributed by atoms with Crippen LogP contribution in [0.5, 0.6) is 5.75 Å². The third-order valence-corrected chi connectivity index (χ3v) is 2.89. The summed E-state index contributed by atoms with van der Waals surface area (Å²) in [7, 11) is 0. The minimum Gasteiger partial charge on any atom is -0.491 e. The van der Waals surface area contributed by atoms with Crippen LogP contribution in [0.15, 0.2) is 24.3 Å². The lowest BCUT2D eigenvalue weighted by molar-refractivity contribution is 0.208. The lowest BCUT2D eigenvalue weighted by atomic mass is 10.1. The first-order chi connectivity index (χ1) is 8.26. The summed E-state index contributed by atoms with van der Waals surface area (Å²) in [6, 6.07) is 8.48. The van der Waals surface area contributed by atoms with Gasteiger partial charge < -0.3 is 10.5 Å². The number of ether oxygens (including phenoxy) is 1. The molecule has 96 valence electrons. The third-order valence-electron chi connectivity index (χ3n) is 2.89. The average molecular weight is 235 g/mol. The zero-order valence-corrected chi connectivity index (χ0v) is 11.1. The van der Waals surface area contributed by atoms with E-state index >= 15 is 0 Å². The molecule has 0 aliphatic rings. The number of benzene rings is 1. The SMILES string of the molecule is CCCCc1ccc(OC(C)CCCN)cc1. The third kappa shape index (κ3) is 5.73. The van der Waals surface area contributed by atoms with Gasteiger partial charge in [0.1, 0.15) is 5.75 Å². The number of nitrogens with two attached hydrogens (primary N) is 1. The van der Waals surface area contributed by atoms with Crippen molar-refractivity contribution in [1.82, 2.24) is 0 Å². The van der Waals surface area contributed by atoms with Crippen LogP contribution in [0.4, 0.5) is 0 Å². The zero-order chi connectivity index (χ0) is 12.5. The molecule has 0 aromatic heterocycles. The molecule has 1 rings (SSSR count). The fraction of sp³-hybridized carbons (Fsp3) is 0.600. The van der Waals surface area contributed by atoms with Crippen LogP contribution in [0, 0.1) is 0 Å². The van der Waals surface area contributed by atoms with Gasteiger partial charge in [-0.25, -0.2) is 0 Å². The van der Waals surface area contributed by atoms with Gasteiger partial charge in [-0.05, 0) is 56.8 Å². The van der Waals surface area contributed by atoms with Crippen LogP contribution in [0.1, 0.15) is 45.1 Å². The number of hydrogen-bond donors (Lipinski definition) is 1. The van der Waals surface area contributed by atoms with Crippen LogP contribution < -0.4 is 10.5 Å². The van der Waals surface area contributed by atoms with Crippen molar-refractivity contribution in [2.45, 2.75) is 52.1 Å². The highest BCUT2D eigenvalue weighted by molar-refractivity contribution is 5.27. The Balaban J connectivity index is 2.39. The van der Waals surface area contributed by atoms with E-state index in [1.165, 1.54) is 24.8 Å². The predicted molar refractivity (Wildman–Crippen MR) is 73.4 cm³/mol. The summed E-state index contributed by atoms with van der Waals surface area (Å²) in [4.78, 5) is 0. The largest absolute Gasteiger partial charge is 0.491 e. The molecule has 1 atom stereocenters. The number of hydrogen-bond acceptors (Lipinski definition) is 2. The van der Waals surface area contributed by atoms with Gasteiger partial charge >= 0.3 is 0 Å². The van der Waals surface area contributed by atoms with Crippen molar-refractivity contribution in [3.8, 4) is 5.75 Å². The molecule has 2 N–H and O–H groups in total. The molecule has 0 radical (unpaired) electrons. The quantitative estimate of drug-likeness (QED) is 0.748. The van der Waals surface area contributed by atoms with Gasteiger partial charge in [0.05, 0.1) is 6.10 Å². The highest BCUT2D eigenvalue weighted by atomic mass is 16.5. The van der Waals surface area contributed by atoms with Crippen molar-refractivity contribution in [2.24, 2.45) is 5.73 Å². The first-order valence-electron chi connectivity index (χ1n) is 6.72. The molecule has 1 aromatic rings. The van der Waals surface area contributed by atoms with E-state index in [1.807, 2.05) is 0 Å². The molecule has 0 heterocycles. The summed E-state index contributed by atoms with van der Waals surface area (Å²) < 4.78 is 5.82. The second kappa shape index (κ2) is 8.13. The monoisotopic (exact) mass is 235 g/mol. The summed E-state index contributed by atoms with van der Waals surface area (Å²) in [5.74, 6) is 0.967. The minimum absolute atomic E-state index is 0.250. The molecule has 0 bridgehead atoms. The highest BCUT2D eigenvalue weighted by Gasteiger charge is 2.03. The Morgan fingerprint density at radius 2 is 1.88 bits per heavy atom. The number of aryl methyl sites for hydroxylation is 1. The Kier molecular flexibility index (Phi) is 6.71. The van der Waals surface area contributed by atoms with Crippen molar-refractivity contribution >= 4 is 0 Å². The zero-order valence-electron chi connectivity index (χ0n) is 11.1. The number of unbranched alkanes of at least 4 members (excludes halogenated alkanes) is 1. The molecule has 1 unspecified atom stereocenters. The Labute approximate surface area is 105 Å². The molecule has 2 heteroatoms. The Hall–Kier alpha value is -1.02. The van der Waals surface area contributed by atoms with E-state index in [2.05, 4.69) is 38.1 Å². The van der Waals surface area contributed by atoms with E-state index in [0.717, 1.165) is 25.1 Å². The molecular weight excluding hydrogens is 210 g/mol. The van der Waals surface area contributed by atoms with Gasteiger partial charge in [0.2, 0.25) is 0 Å². The van der Waals surface area contributed by atoms with Gasteiger partial charge in [-0.1, -0.05) is 25.5 Å². The molecule has 0 aliphatic heterocycles. The lowest BCUT2D eigenvalue weighted by Gasteiger charge is -2.14. The van der Waals surface area contributed by atoms with Crippen molar-refractivity contribution < 1.29 is 4.74 Å². The average Bonchev–Trinajstić information content (AvgIpc) is 2.35. The molecule has 0 saturated heterocycles. The van der Waals surface area contributed by atoms with E-state index in [-0.39, 0.29) is 6.10 Å². The van der Waals surface area contributed by atoms with Gasteiger partial charge in [-0.3, -0.25) is 0 Å². The molecule has 0 saturated carbocycles. The molecule has 0 spiro atoms. The molecule has 0 aliphatic carbocycles. The van der Waals surface area contributed by atoms with Crippen molar-refractivity contribution in [1.29, 1.82) is 0 Å². The van der Waals surface area contributed by atoms with Gasteiger partial charge in [0, 0.05) is 0 Å². The fourth-order valence-corrected chi connectivity index (χ4v) is 1.81. The van der Waals surface area contributed by atoms with Crippen LogP contribution in [0.3, 0.4) is 0 Å². The van der Waals surface area contributed by atoms with E-state index in [9.17, 15) is 0 Å². The minimum atomic E-state index is 0.250. The van der Waals surface area contributed by atoms with Crippen LogP contribution in [0.25, 0.3) is 0 Å². The normalized spacial score (nSPS) is 12.4. The predicted octanol–water partition coefficient (Wildman–Crippen LogP) is 3.54.